The minimum Gasteiger partial charge on any atom is -0.493 e. The van der Waals surface area contributed by atoms with Gasteiger partial charge in [-0.15, -0.1) is 0 Å². The molecule has 1 aromatic rings. The van der Waals surface area contributed by atoms with Crippen LogP contribution in [0.15, 0.2) is 24.3 Å². The summed E-state index contributed by atoms with van der Waals surface area (Å²) in [6.45, 7) is 2.23. The Hall–Kier alpha value is -1.26. The fourth-order valence-electron chi connectivity index (χ4n) is 2.49. The van der Waals surface area contributed by atoms with Gasteiger partial charge in [0.15, 0.2) is 0 Å². The molecule has 1 amide bonds. The van der Waals surface area contributed by atoms with E-state index in [1.54, 1.807) is 11.0 Å². The molecule has 0 bridgehead atoms. The van der Waals surface area contributed by atoms with Gasteiger partial charge in [-0.1, -0.05) is 24.1 Å². The Bertz CT molecular complexity index is 461. The highest BCUT2D eigenvalue weighted by atomic mass is 35.5. The van der Waals surface area contributed by atoms with Gasteiger partial charge in [-0.05, 0) is 44.0 Å². The van der Waals surface area contributed by atoms with Crippen LogP contribution in [-0.2, 0) is 4.79 Å². The van der Waals surface area contributed by atoms with Crippen LogP contribution in [0.5, 0.6) is 5.75 Å². The fraction of sp³-hybridized carbons (Fsp3) is 0.562. The molecule has 1 aliphatic rings. The van der Waals surface area contributed by atoms with Crippen LogP contribution in [0.4, 0.5) is 0 Å². The Kier molecular flexibility index (Phi) is 6.33. The van der Waals surface area contributed by atoms with Crippen molar-refractivity contribution in [3.63, 3.8) is 0 Å². The van der Waals surface area contributed by atoms with E-state index in [0.29, 0.717) is 18.2 Å². The van der Waals surface area contributed by atoms with Crippen LogP contribution in [0, 0.1) is 0 Å². The lowest BCUT2D eigenvalue weighted by atomic mass is 10.0. The van der Waals surface area contributed by atoms with Crippen molar-refractivity contribution < 1.29 is 9.53 Å². The molecule has 1 N–H and O–H groups in total. The molecule has 0 unspecified atom stereocenters. The number of rotatable bonds is 6. The second-order valence-electron chi connectivity index (χ2n) is 5.42. The third-order valence-electron chi connectivity index (χ3n) is 3.69. The molecule has 21 heavy (non-hydrogen) atoms. The lowest BCUT2D eigenvalue weighted by Crippen LogP contribution is -2.47. The van der Waals surface area contributed by atoms with E-state index in [9.17, 15) is 4.79 Å². The molecule has 1 saturated heterocycles. The minimum atomic E-state index is -0.00222. The zero-order valence-corrected chi connectivity index (χ0v) is 13.2. The number of amides is 1. The predicted octanol–water partition coefficient (Wildman–Crippen LogP) is 2.71. The third-order valence-corrected chi connectivity index (χ3v) is 3.92. The molecule has 116 valence electrons. The lowest BCUT2D eigenvalue weighted by molar-refractivity contribution is -0.132. The minimum absolute atomic E-state index is 0.00222. The van der Waals surface area contributed by atoms with Crippen LogP contribution >= 0.6 is 11.6 Å². The smallest absolute Gasteiger partial charge is 0.239 e. The quantitative estimate of drug-likeness (QED) is 0.821. The monoisotopic (exact) mass is 310 g/mol. The van der Waals surface area contributed by atoms with Crippen LogP contribution in [0.25, 0.3) is 0 Å². The van der Waals surface area contributed by atoms with Crippen LogP contribution in [0.3, 0.4) is 0 Å². The van der Waals surface area contributed by atoms with Crippen LogP contribution < -0.4 is 10.1 Å². The van der Waals surface area contributed by atoms with E-state index in [2.05, 4.69) is 5.32 Å². The normalized spacial score (nSPS) is 18.3. The third kappa shape index (κ3) is 5.21. The Morgan fingerprint density at radius 2 is 2.33 bits per heavy atom. The molecule has 1 heterocycles. The van der Waals surface area contributed by atoms with Crippen LogP contribution in [0.1, 0.15) is 25.7 Å². The first-order chi connectivity index (χ1) is 10.2. The molecule has 2 rings (SSSR count). The number of benzene rings is 1. The zero-order valence-electron chi connectivity index (χ0n) is 12.5. The second kappa shape index (κ2) is 8.25. The summed E-state index contributed by atoms with van der Waals surface area (Å²) < 4.78 is 5.62. The second-order valence-corrected chi connectivity index (χ2v) is 5.86. The van der Waals surface area contributed by atoms with Gasteiger partial charge in [-0.2, -0.15) is 0 Å². The molecular formula is C16H23ClN2O2. The van der Waals surface area contributed by atoms with E-state index in [-0.39, 0.29) is 11.9 Å². The molecule has 1 atom stereocenters. The number of carbonyl (C=O) groups excluding carboxylic acids is 1. The summed E-state index contributed by atoms with van der Waals surface area (Å²) in [4.78, 5) is 14.0. The standard InChI is InChI=1S/C16H23ClN2O2/c1-19(16(20)15-8-2-3-9-18-15)10-5-11-21-14-7-4-6-13(17)12-14/h4,6-7,12,15,18H,2-3,5,8-11H2,1H3/t15-/m1/s1. The van der Waals surface area contributed by atoms with Crippen molar-refractivity contribution in [3.8, 4) is 5.75 Å². The van der Waals surface area contributed by atoms with Gasteiger partial charge in [0.1, 0.15) is 5.75 Å². The number of halogens is 1. The summed E-state index contributed by atoms with van der Waals surface area (Å²) in [5.41, 5.74) is 0. The molecule has 1 aliphatic heterocycles. The predicted molar refractivity (Wildman–Crippen MR) is 84.8 cm³/mol. The first-order valence-corrected chi connectivity index (χ1v) is 7.91. The van der Waals surface area contributed by atoms with Crippen LogP contribution in [0.2, 0.25) is 5.02 Å². The number of hydrogen-bond acceptors (Lipinski definition) is 3. The van der Waals surface area contributed by atoms with Gasteiger partial charge < -0.3 is 15.0 Å². The fourth-order valence-corrected chi connectivity index (χ4v) is 2.67. The average Bonchev–Trinajstić information content (AvgIpc) is 2.51. The van der Waals surface area contributed by atoms with Crippen molar-refractivity contribution in [3.05, 3.63) is 29.3 Å². The molecule has 1 aromatic carbocycles. The summed E-state index contributed by atoms with van der Waals surface area (Å²) in [5, 5.41) is 3.95. The Labute approximate surface area is 131 Å². The number of likely N-dealkylation sites (N-methyl/N-ethyl adjacent to an activating group) is 1. The molecule has 1 fully saturated rings. The summed E-state index contributed by atoms with van der Waals surface area (Å²) in [5.74, 6) is 0.961. The zero-order chi connectivity index (χ0) is 15.1. The molecule has 0 spiro atoms. The van der Waals surface area contributed by atoms with E-state index < -0.39 is 0 Å². The Balaban J connectivity index is 1.66. The first kappa shape index (κ1) is 16.1. The topological polar surface area (TPSA) is 41.6 Å². The maximum Gasteiger partial charge on any atom is 0.239 e. The van der Waals surface area contributed by atoms with Crippen molar-refractivity contribution in [1.29, 1.82) is 0 Å². The van der Waals surface area contributed by atoms with Gasteiger partial charge in [0.2, 0.25) is 5.91 Å². The van der Waals surface area contributed by atoms with Gasteiger partial charge in [0.25, 0.3) is 0 Å². The molecule has 0 radical (unpaired) electrons. The molecule has 0 aromatic heterocycles. The summed E-state index contributed by atoms with van der Waals surface area (Å²) in [7, 11) is 1.86. The van der Waals surface area contributed by atoms with Crippen molar-refractivity contribution in [2.24, 2.45) is 0 Å². The molecule has 5 heteroatoms. The highest BCUT2D eigenvalue weighted by molar-refractivity contribution is 6.30. The Morgan fingerprint density at radius 1 is 1.48 bits per heavy atom. The van der Waals surface area contributed by atoms with Crippen molar-refractivity contribution in [1.82, 2.24) is 10.2 Å². The van der Waals surface area contributed by atoms with E-state index in [4.69, 9.17) is 16.3 Å². The largest absolute Gasteiger partial charge is 0.493 e. The molecule has 0 aliphatic carbocycles. The number of nitrogens with one attached hydrogen (secondary N) is 1. The maximum absolute atomic E-state index is 12.2. The van der Waals surface area contributed by atoms with E-state index in [1.165, 1.54) is 6.42 Å². The highest BCUT2D eigenvalue weighted by Crippen LogP contribution is 2.17. The molecule has 4 nitrogen and oxygen atoms in total. The van der Waals surface area contributed by atoms with Crippen molar-refractivity contribution in [2.45, 2.75) is 31.7 Å². The van der Waals surface area contributed by atoms with Crippen molar-refractivity contribution in [2.75, 3.05) is 26.7 Å². The number of hydrogen-bond donors (Lipinski definition) is 1. The maximum atomic E-state index is 12.2. The summed E-state index contributed by atoms with van der Waals surface area (Å²) >= 11 is 5.90. The van der Waals surface area contributed by atoms with Gasteiger partial charge in [0, 0.05) is 18.6 Å². The molecular weight excluding hydrogens is 288 g/mol. The first-order valence-electron chi connectivity index (χ1n) is 7.53. The van der Waals surface area contributed by atoms with Gasteiger partial charge in [-0.25, -0.2) is 0 Å². The number of nitrogens with zero attached hydrogens (tertiary/aromatic N) is 1. The SMILES string of the molecule is CN(CCCOc1cccc(Cl)c1)C(=O)[C@H]1CCCCN1. The van der Waals surface area contributed by atoms with Crippen LogP contribution in [-0.4, -0.2) is 43.6 Å². The van der Waals surface area contributed by atoms with E-state index >= 15 is 0 Å². The van der Waals surface area contributed by atoms with Gasteiger partial charge >= 0.3 is 0 Å². The number of piperidine rings is 1. The van der Waals surface area contributed by atoms with E-state index in [0.717, 1.165) is 31.6 Å². The highest BCUT2D eigenvalue weighted by Gasteiger charge is 2.23. The van der Waals surface area contributed by atoms with Gasteiger partial charge in [0.05, 0.1) is 12.6 Å². The van der Waals surface area contributed by atoms with Crippen molar-refractivity contribution >= 4 is 17.5 Å². The number of ether oxygens (including phenoxy) is 1. The van der Waals surface area contributed by atoms with E-state index in [1.807, 2.05) is 25.2 Å². The Morgan fingerprint density at radius 3 is 3.05 bits per heavy atom. The summed E-state index contributed by atoms with van der Waals surface area (Å²) in [6.07, 6.45) is 4.06. The molecule has 0 saturated carbocycles. The average molecular weight is 311 g/mol. The van der Waals surface area contributed by atoms with Gasteiger partial charge in [-0.3, -0.25) is 4.79 Å². The lowest BCUT2D eigenvalue weighted by Gasteiger charge is -2.27. The number of carbonyl (C=O) groups is 1. The summed E-state index contributed by atoms with van der Waals surface area (Å²) in [6, 6.07) is 7.35.